The SMILES string of the molecule is Cc1nn(C)c(Cl)c1S(=O)(=O)N1CCCC(c2ccc3c(n2)n(C)c(=O)n3CC(C)(C)C)C1. The molecule has 0 spiro atoms. The monoisotopic (exact) mass is 494 g/mol. The largest absolute Gasteiger partial charge is 0.330 e. The summed E-state index contributed by atoms with van der Waals surface area (Å²) in [6, 6.07) is 3.85. The Labute approximate surface area is 199 Å². The van der Waals surface area contributed by atoms with Crippen LogP contribution in [0.25, 0.3) is 11.2 Å². The zero-order valence-electron chi connectivity index (χ0n) is 20.0. The van der Waals surface area contributed by atoms with Crippen molar-refractivity contribution in [3.8, 4) is 0 Å². The summed E-state index contributed by atoms with van der Waals surface area (Å²) >= 11 is 6.26. The molecule has 0 aliphatic carbocycles. The molecule has 0 amide bonds. The fourth-order valence-corrected chi connectivity index (χ4v) is 6.81. The summed E-state index contributed by atoms with van der Waals surface area (Å²) in [5, 5.41) is 4.28. The topological polar surface area (TPSA) is 95.0 Å². The summed E-state index contributed by atoms with van der Waals surface area (Å²) in [6.45, 7) is 9.24. The van der Waals surface area contributed by atoms with Gasteiger partial charge in [0.05, 0.1) is 11.2 Å². The van der Waals surface area contributed by atoms with E-state index in [1.165, 1.54) is 8.99 Å². The van der Waals surface area contributed by atoms with Gasteiger partial charge in [0.25, 0.3) is 0 Å². The molecule has 4 rings (SSSR count). The first-order valence-electron chi connectivity index (χ1n) is 11.1. The molecule has 0 aromatic carbocycles. The van der Waals surface area contributed by atoms with Gasteiger partial charge < -0.3 is 0 Å². The molecule has 0 N–H and O–H groups in total. The van der Waals surface area contributed by atoms with Gasteiger partial charge in [-0.2, -0.15) is 9.40 Å². The minimum absolute atomic E-state index is 0.0548. The van der Waals surface area contributed by atoms with Crippen LogP contribution in [0, 0.1) is 12.3 Å². The summed E-state index contributed by atoms with van der Waals surface area (Å²) < 4.78 is 33.0. The molecule has 0 saturated carbocycles. The van der Waals surface area contributed by atoms with Crippen molar-refractivity contribution >= 4 is 32.8 Å². The van der Waals surface area contributed by atoms with Crippen molar-refractivity contribution in [2.75, 3.05) is 13.1 Å². The van der Waals surface area contributed by atoms with Crippen LogP contribution < -0.4 is 5.69 Å². The maximum Gasteiger partial charge on any atom is 0.330 e. The van der Waals surface area contributed by atoms with Gasteiger partial charge in [-0.25, -0.2) is 18.2 Å². The van der Waals surface area contributed by atoms with Crippen molar-refractivity contribution in [2.24, 2.45) is 19.5 Å². The fraction of sp³-hybridized carbons (Fsp3) is 0.591. The molecule has 11 heteroatoms. The van der Waals surface area contributed by atoms with Crippen LogP contribution in [0.15, 0.2) is 21.8 Å². The predicted octanol–water partition coefficient (Wildman–Crippen LogP) is 3.04. The van der Waals surface area contributed by atoms with E-state index in [1.807, 2.05) is 12.1 Å². The number of hydrogen-bond donors (Lipinski definition) is 0. The van der Waals surface area contributed by atoms with Crippen molar-refractivity contribution in [1.29, 1.82) is 0 Å². The molecule has 1 unspecified atom stereocenters. The van der Waals surface area contributed by atoms with E-state index in [1.54, 1.807) is 30.2 Å². The second kappa shape index (κ2) is 8.25. The number of sulfonamides is 1. The molecule has 1 aliphatic rings. The second-order valence-corrected chi connectivity index (χ2v) is 12.3. The van der Waals surface area contributed by atoms with Gasteiger partial charge in [0, 0.05) is 45.3 Å². The van der Waals surface area contributed by atoms with Crippen LogP contribution in [0.2, 0.25) is 5.15 Å². The Morgan fingerprint density at radius 3 is 2.52 bits per heavy atom. The number of aryl methyl sites for hydroxylation is 3. The van der Waals surface area contributed by atoms with Gasteiger partial charge in [0.1, 0.15) is 10.0 Å². The minimum Gasteiger partial charge on any atom is -0.290 e. The second-order valence-electron chi connectivity index (χ2n) is 10.1. The van der Waals surface area contributed by atoms with Crippen LogP contribution in [0.1, 0.15) is 50.9 Å². The summed E-state index contributed by atoms with van der Waals surface area (Å²) in [4.78, 5) is 17.7. The van der Waals surface area contributed by atoms with E-state index in [0.717, 1.165) is 17.6 Å². The standard InChI is InChI=1S/C22H31ClN6O3S/c1-14-18(19(23)27(6)25-14)33(31,32)28-11-7-8-15(12-28)16-9-10-17-20(24-16)26(5)21(30)29(17)13-22(2,3)4/h9-10,15H,7-8,11-13H2,1-6H3. The Balaban J connectivity index is 1.68. The van der Waals surface area contributed by atoms with Crippen molar-refractivity contribution in [1.82, 2.24) is 28.2 Å². The number of nitrogens with zero attached hydrogens (tertiary/aromatic N) is 6. The fourth-order valence-electron chi connectivity index (χ4n) is 4.58. The normalized spacial score (nSPS) is 18.3. The zero-order chi connectivity index (χ0) is 24.3. The lowest BCUT2D eigenvalue weighted by molar-refractivity contribution is 0.312. The number of imidazole rings is 1. The average molecular weight is 495 g/mol. The molecule has 1 aliphatic heterocycles. The maximum atomic E-state index is 13.4. The Kier molecular flexibility index (Phi) is 5.99. The molecule has 1 saturated heterocycles. The molecule has 3 aromatic heterocycles. The molecule has 0 bridgehead atoms. The number of fused-ring (bicyclic) bond motifs is 1. The maximum absolute atomic E-state index is 13.4. The number of halogens is 1. The molecule has 180 valence electrons. The van der Waals surface area contributed by atoms with Crippen LogP contribution in [0.4, 0.5) is 0 Å². The van der Waals surface area contributed by atoms with Gasteiger partial charge in [-0.05, 0) is 37.3 Å². The first-order valence-corrected chi connectivity index (χ1v) is 12.9. The van der Waals surface area contributed by atoms with Crippen LogP contribution in [-0.4, -0.2) is 49.7 Å². The van der Waals surface area contributed by atoms with Crippen LogP contribution in [0.5, 0.6) is 0 Å². The van der Waals surface area contributed by atoms with Crippen molar-refractivity contribution in [3.05, 3.63) is 39.2 Å². The van der Waals surface area contributed by atoms with Gasteiger partial charge in [-0.3, -0.25) is 13.8 Å². The smallest absolute Gasteiger partial charge is 0.290 e. The number of rotatable bonds is 4. The Bertz CT molecular complexity index is 1380. The van der Waals surface area contributed by atoms with Crippen LogP contribution in [0.3, 0.4) is 0 Å². The molecule has 33 heavy (non-hydrogen) atoms. The summed E-state index contributed by atoms with van der Waals surface area (Å²) in [5.74, 6) is -0.0743. The third kappa shape index (κ3) is 4.24. The lowest BCUT2D eigenvalue weighted by Gasteiger charge is -2.31. The highest BCUT2D eigenvalue weighted by Crippen LogP contribution is 2.33. The number of pyridine rings is 1. The predicted molar refractivity (Wildman–Crippen MR) is 128 cm³/mol. The Morgan fingerprint density at radius 2 is 1.91 bits per heavy atom. The first-order chi connectivity index (χ1) is 15.3. The highest BCUT2D eigenvalue weighted by Gasteiger charge is 2.35. The van der Waals surface area contributed by atoms with Crippen molar-refractivity contribution in [2.45, 2.75) is 57.9 Å². The lowest BCUT2D eigenvalue weighted by atomic mass is 9.95. The molecular formula is C22H31ClN6O3S. The number of hydrogen-bond acceptors (Lipinski definition) is 5. The van der Waals surface area contributed by atoms with E-state index in [4.69, 9.17) is 16.6 Å². The van der Waals surface area contributed by atoms with E-state index in [0.29, 0.717) is 37.4 Å². The van der Waals surface area contributed by atoms with Gasteiger partial charge >= 0.3 is 5.69 Å². The molecule has 3 aromatic rings. The highest BCUT2D eigenvalue weighted by molar-refractivity contribution is 7.89. The molecule has 0 radical (unpaired) electrons. The lowest BCUT2D eigenvalue weighted by Crippen LogP contribution is -2.39. The van der Waals surface area contributed by atoms with Gasteiger partial charge in [0.2, 0.25) is 10.0 Å². The molecule has 1 fully saturated rings. The average Bonchev–Trinajstić information content (AvgIpc) is 3.13. The van der Waals surface area contributed by atoms with Gasteiger partial charge in [-0.15, -0.1) is 0 Å². The van der Waals surface area contributed by atoms with E-state index in [-0.39, 0.29) is 27.1 Å². The van der Waals surface area contributed by atoms with Crippen molar-refractivity contribution < 1.29 is 8.42 Å². The van der Waals surface area contributed by atoms with E-state index in [2.05, 4.69) is 25.9 Å². The zero-order valence-corrected chi connectivity index (χ0v) is 21.5. The van der Waals surface area contributed by atoms with E-state index < -0.39 is 10.0 Å². The highest BCUT2D eigenvalue weighted by atomic mass is 35.5. The summed E-state index contributed by atoms with van der Waals surface area (Å²) in [6.07, 6.45) is 1.53. The third-order valence-corrected chi connectivity index (χ3v) is 8.70. The molecule has 9 nitrogen and oxygen atoms in total. The van der Waals surface area contributed by atoms with Crippen molar-refractivity contribution in [3.63, 3.8) is 0 Å². The molecule has 4 heterocycles. The quantitative estimate of drug-likeness (QED) is 0.555. The Hall–Kier alpha value is -2.17. The first kappa shape index (κ1) is 24.0. The third-order valence-electron chi connectivity index (χ3n) is 6.14. The van der Waals surface area contributed by atoms with E-state index in [9.17, 15) is 13.2 Å². The number of piperidine rings is 1. The minimum atomic E-state index is -3.79. The Morgan fingerprint density at radius 1 is 1.21 bits per heavy atom. The molecule has 1 atom stereocenters. The summed E-state index contributed by atoms with van der Waals surface area (Å²) in [7, 11) is -0.431. The van der Waals surface area contributed by atoms with Gasteiger partial charge in [-0.1, -0.05) is 32.4 Å². The number of aromatic nitrogens is 5. The van der Waals surface area contributed by atoms with Crippen LogP contribution in [-0.2, 0) is 30.7 Å². The van der Waals surface area contributed by atoms with Crippen LogP contribution >= 0.6 is 11.6 Å². The molecular weight excluding hydrogens is 464 g/mol. The van der Waals surface area contributed by atoms with Gasteiger partial charge in [0.15, 0.2) is 5.65 Å². The van der Waals surface area contributed by atoms with E-state index >= 15 is 0 Å². The summed E-state index contributed by atoms with van der Waals surface area (Å²) in [5.41, 5.74) is 2.44.